The number of rotatable bonds is 2. The van der Waals surface area contributed by atoms with Gasteiger partial charge in [-0.2, -0.15) is 0 Å². The van der Waals surface area contributed by atoms with Gasteiger partial charge in [0.05, 0.1) is 7.11 Å². The standard InChI is InChI=1S/C13H12NO/c1-15-13-9-5-3-7-11(13)10-6-2-4-8-12(10)14/h2-8H,14H2,1H3. The van der Waals surface area contributed by atoms with Gasteiger partial charge in [-0.15, -0.1) is 0 Å². The Morgan fingerprint density at radius 1 is 1.07 bits per heavy atom. The molecule has 0 bridgehead atoms. The average Bonchev–Trinajstić information content (AvgIpc) is 2.30. The number of anilines is 1. The number of ether oxygens (including phenoxy) is 1. The van der Waals surface area contributed by atoms with Crippen molar-refractivity contribution in [1.82, 2.24) is 0 Å². The summed E-state index contributed by atoms with van der Waals surface area (Å²) in [7, 11) is 1.63. The zero-order valence-corrected chi connectivity index (χ0v) is 8.53. The third-order valence-corrected chi connectivity index (χ3v) is 2.27. The quantitative estimate of drug-likeness (QED) is 0.753. The van der Waals surface area contributed by atoms with Gasteiger partial charge < -0.3 is 10.5 Å². The first-order valence-electron chi connectivity index (χ1n) is 4.72. The van der Waals surface area contributed by atoms with Crippen molar-refractivity contribution in [2.24, 2.45) is 0 Å². The topological polar surface area (TPSA) is 35.2 Å². The maximum absolute atomic E-state index is 5.91. The normalized spacial score (nSPS) is 9.93. The fourth-order valence-electron chi connectivity index (χ4n) is 1.54. The Kier molecular flexibility index (Phi) is 2.59. The van der Waals surface area contributed by atoms with Crippen LogP contribution >= 0.6 is 0 Å². The molecule has 0 saturated heterocycles. The largest absolute Gasteiger partial charge is 0.495 e. The lowest BCUT2D eigenvalue weighted by atomic mass is 10.0. The van der Waals surface area contributed by atoms with Crippen molar-refractivity contribution in [3.63, 3.8) is 0 Å². The van der Waals surface area contributed by atoms with Gasteiger partial charge in [0.2, 0.25) is 0 Å². The van der Waals surface area contributed by atoms with Gasteiger partial charge in [-0.3, -0.25) is 0 Å². The molecule has 0 saturated carbocycles. The van der Waals surface area contributed by atoms with E-state index in [9.17, 15) is 0 Å². The second kappa shape index (κ2) is 4.05. The van der Waals surface area contributed by atoms with Crippen molar-refractivity contribution in [2.45, 2.75) is 0 Å². The molecule has 2 aromatic rings. The first-order valence-corrected chi connectivity index (χ1v) is 4.72. The molecule has 2 rings (SSSR count). The van der Waals surface area contributed by atoms with E-state index in [4.69, 9.17) is 10.5 Å². The summed E-state index contributed by atoms with van der Waals surface area (Å²) in [6.07, 6.45) is 0. The van der Waals surface area contributed by atoms with Crippen molar-refractivity contribution in [3.05, 3.63) is 48.5 Å². The van der Waals surface area contributed by atoms with Gasteiger partial charge in [-0.1, -0.05) is 36.4 Å². The molecule has 0 spiro atoms. The highest BCUT2D eigenvalue weighted by Gasteiger charge is 2.06. The molecular formula is C13H12NO. The van der Waals surface area contributed by atoms with Gasteiger partial charge >= 0.3 is 0 Å². The number of methoxy groups -OCH3 is 1. The first kappa shape index (κ1) is 9.59. The zero-order chi connectivity index (χ0) is 10.7. The maximum Gasteiger partial charge on any atom is 0.134 e. The number of para-hydroxylation sites is 2. The van der Waals surface area contributed by atoms with E-state index in [1.165, 1.54) is 0 Å². The molecule has 0 aliphatic carbocycles. The van der Waals surface area contributed by atoms with E-state index in [0.717, 1.165) is 22.6 Å². The second-order valence-electron chi connectivity index (χ2n) is 3.20. The van der Waals surface area contributed by atoms with Gasteiger partial charge in [0.1, 0.15) is 5.75 Å². The van der Waals surface area contributed by atoms with Gasteiger partial charge in [0, 0.05) is 22.9 Å². The van der Waals surface area contributed by atoms with Crippen LogP contribution in [0.5, 0.6) is 5.75 Å². The Labute approximate surface area is 89.3 Å². The van der Waals surface area contributed by atoms with Crippen molar-refractivity contribution < 1.29 is 4.74 Å². The molecule has 1 radical (unpaired) electrons. The molecule has 0 atom stereocenters. The van der Waals surface area contributed by atoms with Gasteiger partial charge in [-0.25, -0.2) is 0 Å². The zero-order valence-electron chi connectivity index (χ0n) is 8.53. The molecule has 0 aromatic heterocycles. The molecule has 2 heteroatoms. The van der Waals surface area contributed by atoms with E-state index in [1.807, 2.05) is 42.5 Å². The van der Waals surface area contributed by atoms with E-state index >= 15 is 0 Å². The maximum atomic E-state index is 5.91. The highest BCUT2D eigenvalue weighted by Crippen LogP contribution is 2.32. The summed E-state index contributed by atoms with van der Waals surface area (Å²) < 4.78 is 5.24. The summed E-state index contributed by atoms with van der Waals surface area (Å²) >= 11 is 0. The molecule has 0 aliphatic rings. The molecule has 0 heterocycles. The summed E-state index contributed by atoms with van der Waals surface area (Å²) in [4.78, 5) is 0. The van der Waals surface area contributed by atoms with Crippen molar-refractivity contribution >= 4 is 5.69 Å². The Hall–Kier alpha value is -1.96. The van der Waals surface area contributed by atoms with Crippen LogP contribution in [0.4, 0.5) is 5.69 Å². The summed E-state index contributed by atoms with van der Waals surface area (Å²) in [5, 5.41) is 0. The third kappa shape index (κ3) is 1.79. The SMILES string of the molecule is COc1[c]cccc1-c1ccccc1N. The number of hydrogen-bond donors (Lipinski definition) is 1. The van der Waals surface area contributed by atoms with Crippen LogP contribution in [0.2, 0.25) is 0 Å². The van der Waals surface area contributed by atoms with E-state index in [2.05, 4.69) is 6.07 Å². The van der Waals surface area contributed by atoms with Gasteiger partial charge in [0.25, 0.3) is 0 Å². The lowest BCUT2D eigenvalue weighted by Gasteiger charge is -2.09. The number of nitrogen functional groups attached to an aromatic ring is 1. The van der Waals surface area contributed by atoms with Crippen LogP contribution < -0.4 is 10.5 Å². The monoisotopic (exact) mass is 198 g/mol. The van der Waals surface area contributed by atoms with E-state index in [1.54, 1.807) is 7.11 Å². The highest BCUT2D eigenvalue weighted by atomic mass is 16.5. The minimum absolute atomic E-state index is 0.718. The van der Waals surface area contributed by atoms with Crippen LogP contribution in [0.25, 0.3) is 11.1 Å². The minimum Gasteiger partial charge on any atom is -0.495 e. The number of hydrogen-bond acceptors (Lipinski definition) is 2. The second-order valence-corrected chi connectivity index (χ2v) is 3.20. The Bertz CT molecular complexity index is 466. The van der Waals surface area contributed by atoms with Crippen molar-refractivity contribution in [1.29, 1.82) is 0 Å². The molecule has 2 nitrogen and oxygen atoms in total. The third-order valence-electron chi connectivity index (χ3n) is 2.27. The van der Waals surface area contributed by atoms with Gasteiger partial charge in [-0.05, 0) is 6.07 Å². The first-order chi connectivity index (χ1) is 7.33. The van der Waals surface area contributed by atoms with Crippen molar-refractivity contribution in [3.8, 4) is 16.9 Å². The summed E-state index contributed by atoms with van der Waals surface area (Å²) in [6, 6.07) is 16.5. The smallest absolute Gasteiger partial charge is 0.134 e. The predicted molar refractivity (Wildman–Crippen MR) is 61.7 cm³/mol. The molecule has 2 aromatic carbocycles. The highest BCUT2D eigenvalue weighted by molar-refractivity contribution is 5.80. The lowest BCUT2D eigenvalue weighted by molar-refractivity contribution is 0.415. The molecule has 75 valence electrons. The van der Waals surface area contributed by atoms with Gasteiger partial charge in [0.15, 0.2) is 0 Å². The Morgan fingerprint density at radius 3 is 2.53 bits per heavy atom. The summed E-state index contributed by atoms with van der Waals surface area (Å²) in [5.41, 5.74) is 8.60. The average molecular weight is 198 g/mol. The molecule has 15 heavy (non-hydrogen) atoms. The molecule has 0 unspecified atom stereocenters. The summed E-state index contributed by atoms with van der Waals surface area (Å²) in [5.74, 6) is 0.718. The van der Waals surface area contributed by atoms with E-state index < -0.39 is 0 Å². The molecular weight excluding hydrogens is 186 g/mol. The molecule has 0 amide bonds. The van der Waals surface area contributed by atoms with E-state index in [0.29, 0.717) is 0 Å². The van der Waals surface area contributed by atoms with Crippen LogP contribution in [0, 0.1) is 6.07 Å². The predicted octanol–water partition coefficient (Wildman–Crippen LogP) is 2.74. The molecule has 0 aliphatic heterocycles. The van der Waals surface area contributed by atoms with Crippen LogP contribution in [0.3, 0.4) is 0 Å². The van der Waals surface area contributed by atoms with Crippen LogP contribution in [0.15, 0.2) is 42.5 Å². The van der Waals surface area contributed by atoms with Crippen molar-refractivity contribution in [2.75, 3.05) is 12.8 Å². The number of nitrogens with two attached hydrogens (primary N) is 1. The van der Waals surface area contributed by atoms with Crippen LogP contribution in [0.1, 0.15) is 0 Å². The van der Waals surface area contributed by atoms with Crippen LogP contribution in [-0.2, 0) is 0 Å². The number of benzene rings is 2. The lowest BCUT2D eigenvalue weighted by Crippen LogP contribution is -1.92. The Balaban J connectivity index is 2.59. The van der Waals surface area contributed by atoms with E-state index in [-0.39, 0.29) is 0 Å². The molecule has 2 N–H and O–H groups in total. The summed E-state index contributed by atoms with van der Waals surface area (Å²) in [6.45, 7) is 0. The van der Waals surface area contributed by atoms with Crippen LogP contribution in [-0.4, -0.2) is 7.11 Å². The fourth-order valence-corrected chi connectivity index (χ4v) is 1.54. The molecule has 0 fully saturated rings. The Morgan fingerprint density at radius 2 is 1.80 bits per heavy atom. The fraction of sp³-hybridized carbons (Fsp3) is 0.0769. The minimum atomic E-state index is 0.718.